The van der Waals surface area contributed by atoms with Gasteiger partial charge in [-0.1, -0.05) is 6.58 Å². The number of hydrogen-bond acceptors (Lipinski definition) is 2. The van der Waals surface area contributed by atoms with Crippen molar-refractivity contribution in [1.29, 1.82) is 0 Å². The summed E-state index contributed by atoms with van der Waals surface area (Å²) in [7, 11) is 0. The van der Waals surface area contributed by atoms with Crippen LogP contribution in [0.3, 0.4) is 0 Å². The van der Waals surface area contributed by atoms with Crippen molar-refractivity contribution < 1.29 is 9.53 Å². The predicted octanol–water partition coefficient (Wildman–Crippen LogP) is 1.20. The van der Waals surface area contributed by atoms with E-state index in [1.54, 1.807) is 0 Å². The highest BCUT2D eigenvalue weighted by atomic mass is 16.5. The molecule has 2 heterocycles. The highest BCUT2D eigenvalue weighted by Crippen LogP contribution is 2.28. The Bertz CT molecular complexity index is 239. The Balaban J connectivity index is 1.95. The number of nitrogens with zero attached hydrogens (tertiary/aromatic N) is 1. The first-order chi connectivity index (χ1) is 6.81. The molecule has 2 aliphatic heterocycles. The average molecular weight is 195 g/mol. The second kappa shape index (κ2) is 4.13. The molecule has 3 nitrogen and oxygen atoms in total. The molecule has 0 bridgehead atoms. The number of fused-ring (bicyclic) bond motifs is 1. The van der Waals surface area contributed by atoms with Crippen LogP contribution in [0.2, 0.25) is 0 Å². The van der Waals surface area contributed by atoms with Crippen molar-refractivity contribution in [2.24, 2.45) is 5.92 Å². The summed E-state index contributed by atoms with van der Waals surface area (Å²) in [5, 5.41) is 0. The number of ether oxygens (including phenoxy) is 1. The highest BCUT2D eigenvalue weighted by Gasteiger charge is 2.32. The molecule has 2 fully saturated rings. The lowest BCUT2D eigenvalue weighted by molar-refractivity contribution is -0.133. The molecular formula is C11H17NO2. The van der Waals surface area contributed by atoms with E-state index in [4.69, 9.17) is 4.74 Å². The number of rotatable bonds is 1. The van der Waals surface area contributed by atoms with Gasteiger partial charge in [0, 0.05) is 25.6 Å². The van der Waals surface area contributed by atoms with E-state index in [1.165, 1.54) is 12.5 Å². The second-order valence-corrected chi connectivity index (χ2v) is 4.09. The van der Waals surface area contributed by atoms with Gasteiger partial charge in [-0.05, 0) is 25.3 Å². The molecule has 0 aromatic heterocycles. The van der Waals surface area contributed by atoms with Crippen LogP contribution in [0.25, 0.3) is 0 Å². The van der Waals surface area contributed by atoms with Gasteiger partial charge in [-0.25, -0.2) is 0 Å². The Kier molecular flexibility index (Phi) is 2.87. The third-order valence-electron chi connectivity index (χ3n) is 3.20. The first kappa shape index (κ1) is 9.71. The van der Waals surface area contributed by atoms with Crippen LogP contribution < -0.4 is 0 Å². The zero-order chi connectivity index (χ0) is 9.97. The van der Waals surface area contributed by atoms with Crippen molar-refractivity contribution in [3.05, 3.63) is 12.7 Å². The normalized spacial score (nSPS) is 32.1. The number of piperidine rings is 1. The monoisotopic (exact) mass is 195 g/mol. The lowest BCUT2D eigenvalue weighted by atomic mass is 9.88. The van der Waals surface area contributed by atoms with Gasteiger partial charge in [0.1, 0.15) is 0 Å². The first-order valence-corrected chi connectivity index (χ1v) is 5.34. The molecule has 3 heteroatoms. The van der Waals surface area contributed by atoms with Crippen LogP contribution in [-0.4, -0.2) is 36.6 Å². The van der Waals surface area contributed by atoms with Gasteiger partial charge in [0.05, 0.1) is 6.10 Å². The van der Waals surface area contributed by atoms with Gasteiger partial charge in [0.2, 0.25) is 5.91 Å². The van der Waals surface area contributed by atoms with E-state index < -0.39 is 0 Å². The molecule has 0 spiro atoms. The van der Waals surface area contributed by atoms with Gasteiger partial charge >= 0.3 is 0 Å². The molecule has 2 aliphatic rings. The van der Waals surface area contributed by atoms with E-state index in [0.29, 0.717) is 12.0 Å². The molecular weight excluding hydrogens is 178 g/mol. The maximum atomic E-state index is 11.4. The third kappa shape index (κ3) is 1.82. The zero-order valence-electron chi connectivity index (χ0n) is 8.45. The summed E-state index contributed by atoms with van der Waals surface area (Å²) in [6.07, 6.45) is 5.13. The molecule has 14 heavy (non-hydrogen) atoms. The Morgan fingerprint density at radius 3 is 3.14 bits per heavy atom. The van der Waals surface area contributed by atoms with Crippen molar-refractivity contribution in [1.82, 2.24) is 4.90 Å². The van der Waals surface area contributed by atoms with Gasteiger partial charge in [-0.3, -0.25) is 4.79 Å². The molecule has 1 amide bonds. The lowest BCUT2D eigenvalue weighted by Crippen LogP contribution is -2.48. The molecule has 2 unspecified atom stereocenters. The minimum Gasteiger partial charge on any atom is -0.378 e. The van der Waals surface area contributed by atoms with Gasteiger partial charge in [-0.2, -0.15) is 0 Å². The fraction of sp³-hybridized carbons (Fsp3) is 0.727. The van der Waals surface area contributed by atoms with Gasteiger partial charge in [-0.15, -0.1) is 0 Å². The van der Waals surface area contributed by atoms with Crippen LogP contribution in [-0.2, 0) is 9.53 Å². The van der Waals surface area contributed by atoms with Gasteiger partial charge < -0.3 is 9.64 Å². The number of likely N-dealkylation sites (tertiary alicyclic amines) is 1. The molecule has 0 N–H and O–H groups in total. The lowest BCUT2D eigenvalue weighted by Gasteiger charge is -2.40. The fourth-order valence-corrected chi connectivity index (χ4v) is 2.42. The molecule has 0 aromatic carbocycles. The highest BCUT2D eigenvalue weighted by molar-refractivity contribution is 5.87. The first-order valence-electron chi connectivity index (χ1n) is 5.34. The van der Waals surface area contributed by atoms with Crippen molar-refractivity contribution in [3.8, 4) is 0 Å². The Labute approximate surface area is 84.7 Å². The van der Waals surface area contributed by atoms with E-state index in [2.05, 4.69) is 6.58 Å². The minimum atomic E-state index is 0.0639. The molecule has 2 rings (SSSR count). The Morgan fingerprint density at radius 1 is 1.50 bits per heavy atom. The van der Waals surface area contributed by atoms with E-state index in [1.807, 2.05) is 4.90 Å². The van der Waals surface area contributed by atoms with Gasteiger partial charge in [0.15, 0.2) is 0 Å². The van der Waals surface area contributed by atoms with Crippen LogP contribution in [0.15, 0.2) is 12.7 Å². The standard InChI is InChI=1S/C11H17NO2/c1-2-11(13)12-6-5-10-9(8-12)4-3-7-14-10/h2,9-10H,1,3-8H2. The molecule has 78 valence electrons. The predicted molar refractivity (Wildman–Crippen MR) is 53.9 cm³/mol. The number of carbonyl (C=O) groups excluding carboxylic acids is 1. The van der Waals surface area contributed by atoms with E-state index in [0.717, 1.165) is 32.5 Å². The Hall–Kier alpha value is -0.830. The summed E-state index contributed by atoms with van der Waals surface area (Å²) in [5.41, 5.74) is 0. The van der Waals surface area contributed by atoms with Crippen LogP contribution in [0.4, 0.5) is 0 Å². The maximum absolute atomic E-state index is 11.4. The maximum Gasteiger partial charge on any atom is 0.245 e. The summed E-state index contributed by atoms with van der Waals surface area (Å²) >= 11 is 0. The van der Waals surface area contributed by atoms with E-state index in [-0.39, 0.29) is 5.91 Å². The summed E-state index contributed by atoms with van der Waals surface area (Å²) < 4.78 is 5.68. The van der Waals surface area contributed by atoms with Crippen molar-refractivity contribution in [3.63, 3.8) is 0 Å². The minimum absolute atomic E-state index is 0.0639. The van der Waals surface area contributed by atoms with Gasteiger partial charge in [0.25, 0.3) is 0 Å². The third-order valence-corrected chi connectivity index (χ3v) is 3.20. The Morgan fingerprint density at radius 2 is 2.36 bits per heavy atom. The van der Waals surface area contributed by atoms with Crippen LogP contribution in [0.1, 0.15) is 19.3 Å². The molecule has 0 aliphatic carbocycles. The molecule has 2 atom stereocenters. The molecule has 0 radical (unpaired) electrons. The van der Waals surface area contributed by atoms with Crippen molar-refractivity contribution in [2.75, 3.05) is 19.7 Å². The number of hydrogen-bond donors (Lipinski definition) is 0. The fourth-order valence-electron chi connectivity index (χ4n) is 2.42. The smallest absolute Gasteiger partial charge is 0.245 e. The van der Waals surface area contributed by atoms with E-state index >= 15 is 0 Å². The SMILES string of the molecule is C=CC(=O)N1CCC2OCCCC2C1. The average Bonchev–Trinajstić information content (AvgIpc) is 2.27. The van der Waals surface area contributed by atoms with E-state index in [9.17, 15) is 4.79 Å². The number of carbonyl (C=O) groups is 1. The molecule has 0 saturated carbocycles. The number of amides is 1. The topological polar surface area (TPSA) is 29.5 Å². The largest absolute Gasteiger partial charge is 0.378 e. The summed E-state index contributed by atoms with van der Waals surface area (Å²) in [6.45, 7) is 6.10. The quantitative estimate of drug-likeness (QED) is 0.588. The summed E-state index contributed by atoms with van der Waals surface area (Å²) in [4.78, 5) is 13.3. The van der Waals surface area contributed by atoms with Crippen molar-refractivity contribution >= 4 is 5.91 Å². The molecule has 2 saturated heterocycles. The second-order valence-electron chi connectivity index (χ2n) is 4.09. The molecule has 0 aromatic rings. The van der Waals surface area contributed by atoms with Crippen LogP contribution in [0, 0.1) is 5.92 Å². The van der Waals surface area contributed by atoms with Crippen LogP contribution >= 0.6 is 0 Å². The summed E-state index contributed by atoms with van der Waals surface area (Å²) in [5.74, 6) is 0.621. The summed E-state index contributed by atoms with van der Waals surface area (Å²) in [6, 6.07) is 0. The van der Waals surface area contributed by atoms with Crippen LogP contribution in [0.5, 0.6) is 0 Å². The zero-order valence-corrected chi connectivity index (χ0v) is 8.45. The van der Waals surface area contributed by atoms with Crippen molar-refractivity contribution in [2.45, 2.75) is 25.4 Å².